The van der Waals surface area contributed by atoms with Gasteiger partial charge in [0.2, 0.25) is 0 Å². The van der Waals surface area contributed by atoms with Gasteiger partial charge in [0.1, 0.15) is 12.6 Å². The Morgan fingerprint density at radius 2 is 2.17 bits per heavy atom. The molecule has 4 N–H and O–H groups in total. The van der Waals surface area contributed by atoms with E-state index in [1.54, 1.807) is 11.8 Å². The van der Waals surface area contributed by atoms with Crippen molar-refractivity contribution in [3.05, 3.63) is 23.8 Å². The van der Waals surface area contributed by atoms with E-state index in [1.807, 2.05) is 6.26 Å². The molecule has 0 saturated carbocycles. The molecule has 7 nitrogen and oxygen atoms in total. The second-order valence-corrected chi connectivity index (χ2v) is 5.68. The van der Waals surface area contributed by atoms with Gasteiger partial charge in [-0.05, 0) is 36.6 Å². The third-order valence-corrected chi connectivity index (χ3v) is 3.65. The van der Waals surface area contributed by atoms with Crippen LogP contribution in [-0.4, -0.2) is 55.3 Å². The van der Waals surface area contributed by atoms with E-state index in [4.69, 9.17) is 15.2 Å². The number of carbonyl (C=O) groups excluding carboxylic acids is 2. The maximum absolute atomic E-state index is 11.9. The number of hydrogen-bond donors (Lipinski definition) is 3. The second-order valence-electron chi connectivity index (χ2n) is 4.70. The number of benzene rings is 1. The quantitative estimate of drug-likeness (QED) is 0.449. The number of hydrogen-bond acceptors (Lipinski definition) is 7. The van der Waals surface area contributed by atoms with Gasteiger partial charge in [-0.15, -0.1) is 0 Å². The van der Waals surface area contributed by atoms with E-state index in [-0.39, 0.29) is 36.1 Å². The van der Waals surface area contributed by atoms with Gasteiger partial charge in [-0.3, -0.25) is 9.59 Å². The summed E-state index contributed by atoms with van der Waals surface area (Å²) in [6.07, 6.45) is 2.49. The number of thioether (sulfide) groups is 1. The summed E-state index contributed by atoms with van der Waals surface area (Å²) in [6.45, 7) is 0.201. The Labute approximate surface area is 139 Å². The summed E-state index contributed by atoms with van der Waals surface area (Å²) in [7, 11) is 1.42. The third kappa shape index (κ3) is 6.37. The number of phenolic OH excluding ortho intramolecular Hbond substituents is 1. The largest absolute Gasteiger partial charge is 0.504 e. The standard InChI is InChI=1S/C15H22N2O5S/c1-21-13-4-3-10(9-12(13)18)14(19)17-6-7-22-15(20)11(16)5-8-23-2/h3-4,9,11,18H,5-8,16H2,1-2H3,(H,17,19)/t11-/m0/s1. The van der Waals surface area contributed by atoms with Gasteiger partial charge in [-0.25, -0.2) is 0 Å². The predicted molar refractivity (Wildman–Crippen MR) is 88.9 cm³/mol. The SMILES string of the molecule is COc1ccc(C(=O)NCCOC(=O)[C@@H](N)CCSC)cc1O. The van der Waals surface area contributed by atoms with Crippen molar-refractivity contribution in [3.8, 4) is 11.5 Å². The van der Waals surface area contributed by atoms with Crippen LogP contribution in [0.2, 0.25) is 0 Å². The predicted octanol–water partition coefficient (Wildman–Crippen LogP) is 0.754. The summed E-state index contributed by atoms with van der Waals surface area (Å²) in [6, 6.07) is 3.68. The monoisotopic (exact) mass is 342 g/mol. The molecule has 0 bridgehead atoms. The topological polar surface area (TPSA) is 111 Å². The average Bonchev–Trinajstić information content (AvgIpc) is 2.55. The zero-order chi connectivity index (χ0) is 17.2. The van der Waals surface area contributed by atoms with E-state index in [0.29, 0.717) is 6.42 Å². The van der Waals surface area contributed by atoms with Gasteiger partial charge in [0.15, 0.2) is 11.5 Å². The molecule has 0 aromatic heterocycles. The fraction of sp³-hybridized carbons (Fsp3) is 0.467. The van der Waals surface area contributed by atoms with E-state index in [2.05, 4.69) is 5.32 Å². The Kier molecular flexibility index (Phi) is 8.28. The zero-order valence-electron chi connectivity index (χ0n) is 13.2. The molecule has 128 valence electrons. The molecule has 0 aliphatic carbocycles. The van der Waals surface area contributed by atoms with Crippen molar-refractivity contribution >= 4 is 23.6 Å². The van der Waals surface area contributed by atoms with Crippen molar-refractivity contribution in [2.75, 3.05) is 32.3 Å². The van der Waals surface area contributed by atoms with E-state index >= 15 is 0 Å². The maximum atomic E-state index is 11.9. The molecule has 1 aromatic rings. The van der Waals surface area contributed by atoms with Crippen LogP contribution in [0.5, 0.6) is 11.5 Å². The molecule has 8 heteroatoms. The molecule has 23 heavy (non-hydrogen) atoms. The smallest absolute Gasteiger partial charge is 0.323 e. The molecule has 1 atom stereocenters. The fourth-order valence-electron chi connectivity index (χ4n) is 1.72. The van der Waals surface area contributed by atoms with Crippen molar-refractivity contribution in [2.24, 2.45) is 5.73 Å². The lowest BCUT2D eigenvalue weighted by molar-refractivity contribution is -0.145. The van der Waals surface area contributed by atoms with Crippen molar-refractivity contribution in [2.45, 2.75) is 12.5 Å². The van der Waals surface area contributed by atoms with Gasteiger partial charge in [0.25, 0.3) is 5.91 Å². The highest BCUT2D eigenvalue weighted by Crippen LogP contribution is 2.25. The maximum Gasteiger partial charge on any atom is 0.323 e. The lowest BCUT2D eigenvalue weighted by atomic mass is 10.2. The summed E-state index contributed by atoms with van der Waals surface area (Å²) in [4.78, 5) is 23.4. The van der Waals surface area contributed by atoms with Gasteiger partial charge in [0, 0.05) is 5.56 Å². The van der Waals surface area contributed by atoms with Gasteiger partial charge in [0.05, 0.1) is 13.7 Å². The van der Waals surface area contributed by atoms with Crippen molar-refractivity contribution < 1.29 is 24.2 Å². The number of methoxy groups -OCH3 is 1. The number of nitrogens with one attached hydrogen (secondary N) is 1. The molecule has 0 spiro atoms. The normalized spacial score (nSPS) is 11.6. The van der Waals surface area contributed by atoms with Crippen LogP contribution in [0.3, 0.4) is 0 Å². The van der Waals surface area contributed by atoms with Crippen LogP contribution < -0.4 is 15.8 Å². The summed E-state index contributed by atoms with van der Waals surface area (Å²) < 4.78 is 9.89. The van der Waals surface area contributed by atoms with E-state index in [9.17, 15) is 14.7 Å². The van der Waals surface area contributed by atoms with Gasteiger partial charge in [-0.2, -0.15) is 11.8 Å². The minimum atomic E-state index is -0.642. The van der Waals surface area contributed by atoms with Crippen LogP contribution in [0.25, 0.3) is 0 Å². The molecule has 0 heterocycles. The summed E-state index contributed by atoms with van der Waals surface area (Å²) in [5.74, 6) is 0.0932. The van der Waals surface area contributed by atoms with E-state index < -0.39 is 12.0 Å². The Hall–Kier alpha value is -1.93. The molecular weight excluding hydrogens is 320 g/mol. The Morgan fingerprint density at radius 3 is 2.78 bits per heavy atom. The number of ether oxygens (including phenoxy) is 2. The number of esters is 1. The van der Waals surface area contributed by atoms with Crippen molar-refractivity contribution in [1.82, 2.24) is 5.32 Å². The van der Waals surface area contributed by atoms with Crippen LogP contribution >= 0.6 is 11.8 Å². The summed E-state index contributed by atoms with van der Waals surface area (Å²) >= 11 is 1.61. The Balaban J connectivity index is 2.34. The molecular formula is C15H22N2O5S. The van der Waals surface area contributed by atoms with Gasteiger partial charge >= 0.3 is 5.97 Å². The van der Waals surface area contributed by atoms with Crippen LogP contribution in [0.15, 0.2) is 18.2 Å². The molecule has 0 fully saturated rings. The van der Waals surface area contributed by atoms with Crippen molar-refractivity contribution in [3.63, 3.8) is 0 Å². The molecule has 0 aliphatic rings. The van der Waals surface area contributed by atoms with Crippen LogP contribution in [0.1, 0.15) is 16.8 Å². The molecule has 1 rings (SSSR count). The highest BCUT2D eigenvalue weighted by molar-refractivity contribution is 7.98. The van der Waals surface area contributed by atoms with Gasteiger partial charge < -0.3 is 25.6 Å². The van der Waals surface area contributed by atoms with E-state index in [1.165, 1.54) is 25.3 Å². The summed E-state index contributed by atoms with van der Waals surface area (Å²) in [5.41, 5.74) is 5.95. The first-order chi connectivity index (χ1) is 11.0. The summed E-state index contributed by atoms with van der Waals surface area (Å²) in [5, 5.41) is 12.2. The lowest BCUT2D eigenvalue weighted by Crippen LogP contribution is -2.35. The minimum Gasteiger partial charge on any atom is -0.504 e. The number of carbonyl (C=O) groups is 2. The third-order valence-electron chi connectivity index (χ3n) is 3.01. The molecule has 0 saturated heterocycles. The van der Waals surface area contributed by atoms with Crippen LogP contribution in [0, 0.1) is 0 Å². The first-order valence-electron chi connectivity index (χ1n) is 7.06. The zero-order valence-corrected chi connectivity index (χ0v) is 14.0. The number of nitrogens with two attached hydrogens (primary N) is 1. The first-order valence-corrected chi connectivity index (χ1v) is 8.45. The lowest BCUT2D eigenvalue weighted by Gasteiger charge is -2.11. The van der Waals surface area contributed by atoms with Gasteiger partial charge in [-0.1, -0.05) is 0 Å². The molecule has 1 aromatic carbocycles. The molecule has 1 amide bonds. The minimum absolute atomic E-state index is 0.0413. The Bertz CT molecular complexity index is 539. The van der Waals surface area contributed by atoms with Crippen LogP contribution in [0.4, 0.5) is 0 Å². The second kappa shape index (κ2) is 9.96. The van der Waals surface area contributed by atoms with Crippen molar-refractivity contribution in [1.29, 1.82) is 0 Å². The Morgan fingerprint density at radius 1 is 1.43 bits per heavy atom. The number of aromatic hydroxyl groups is 1. The van der Waals surface area contributed by atoms with Crippen LogP contribution in [-0.2, 0) is 9.53 Å². The molecule has 0 radical (unpaired) electrons. The molecule has 0 aliphatic heterocycles. The number of amides is 1. The molecule has 0 unspecified atom stereocenters. The highest BCUT2D eigenvalue weighted by Gasteiger charge is 2.14. The highest BCUT2D eigenvalue weighted by atomic mass is 32.2. The van der Waals surface area contributed by atoms with E-state index in [0.717, 1.165) is 5.75 Å². The number of rotatable bonds is 9. The first kappa shape index (κ1) is 19.1. The average molecular weight is 342 g/mol. The fourth-order valence-corrected chi connectivity index (χ4v) is 2.21. The number of phenols is 1.